The van der Waals surface area contributed by atoms with Crippen LogP contribution in [-0.2, 0) is 0 Å². The molecule has 0 saturated carbocycles. The van der Waals surface area contributed by atoms with Gasteiger partial charge < -0.3 is 10.4 Å². The van der Waals surface area contributed by atoms with E-state index in [1.54, 1.807) is 17.7 Å². The summed E-state index contributed by atoms with van der Waals surface area (Å²) in [6, 6.07) is 6.92. The molecule has 0 unspecified atom stereocenters. The van der Waals surface area contributed by atoms with Gasteiger partial charge in [-0.25, -0.2) is 4.79 Å². The third kappa shape index (κ3) is 4.72. The highest BCUT2D eigenvalue weighted by Gasteiger charge is 2.03. The summed E-state index contributed by atoms with van der Waals surface area (Å²) in [5.74, 6) is -0.877. The van der Waals surface area contributed by atoms with E-state index in [2.05, 4.69) is 11.4 Å². The largest absolute Gasteiger partial charge is 0.478 e. The first-order chi connectivity index (χ1) is 9.75. The van der Waals surface area contributed by atoms with Crippen molar-refractivity contribution in [2.75, 3.05) is 11.9 Å². The third-order valence-corrected chi connectivity index (χ3v) is 3.77. The second kappa shape index (κ2) is 7.73. The number of benzene rings is 1. The Morgan fingerprint density at radius 3 is 2.60 bits per heavy atom. The van der Waals surface area contributed by atoms with Crippen molar-refractivity contribution in [3.8, 4) is 0 Å². The normalized spacial score (nSPS) is 14.1. The van der Waals surface area contributed by atoms with Gasteiger partial charge in [-0.15, -0.1) is 0 Å². The van der Waals surface area contributed by atoms with Crippen molar-refractivity contribution >= 4 is 11.7 Å². The number of rotatable bonds is 8. The molecule has 0 saturated heterocycles. The van der Waals surface area contributed by atoms with E-state index in [4.69, 9.17) is 5.11 Å². The van der Waals surface area contributed by atoms with Gasteiger partial charge in [-0.05, 0) is 62.8 Å². The Labute approximate surface area is 120 Å². The van der Waals surface area contributed by atoms with Crippen LogP contribution in [0.1, 0.15) is 55.3 Å². The fraction of sp³-hybridized carbons (Fsp3) is 0.471. The van der Waals surface area contributed by atoms with E-state index in [-0.39, 0.29) is 0 Å². The van der Waals surface area contributed by atoms with Gasteiger partial charge in [-0.3, -0.25) is 0 Å². The van der Waals surface area contributed by atoms with Gasteiger partial charge in [-0.2, -0.15) is 0 Å². The molecule has 108 valence electrons. The number of hydrogen-bond donors (Lipinski definition) is 2. The van der Waals surface area contributed by atoms with E-state index in [0.29, 0.717) is 5.56 Å². The third-order valence-electron chi connectivity index (χ3n) is 3.77. The van der Waals surface area contributed by atoms with E-state index in [1.165, 1.54) is 38.5 Å². The zero-order valence-electron chi connectivity index (χ0n) is 11.9. The number of aromatic carboxylic acids is 1. The Balaban J connectivity index is 1.57. The molecule has 0 bridgehead atoms. The van der Waals surface area contributed by atoms with Crippen LogP contribution < -0.4 is 5.32 Å². The molecular formula is C17H23NO2. The Kier molecular flexibility index (Phi) is 5.66. The van der Waals surface area contributed by atoms with Crippen molar-refractivity contribution in [2.24, 2.45) is 0 Å². The first-order valence-electron chi connectivity index (χ1n) is 7.51. The molecule has 1 aromatic carbocycles. The van der Waals surface area contributed by atoms with Crippen LogP contribution in [0.25, 0.3) is 0 Å². The minimum atomic E-state index is -0.877. The number of nitrogens with one attached hydrogen (secondary N) is 1. The van der Waals surface area contributed by atoms with E-state index in [0.717, 1.165) is 18.7 Å². The number of carboxylic acids is 1. The molecular weight excluding hydrogens is 250 g/mol. The van der Waals surface area contributed by atoms with Crippen LogP contribution in [0.3, 0.4) is 0 Å². The lowest BCUT2D eigenvalue weighted by Crippen LogP contribution is -2.02. The molecule has 0 aliphatic heterocycles. The van der Waals surface area contributed by atoms with Crippen molar-refractivity contribution in [2.45, 2.75) is 44.9 Å². The van der Waals surface area contributed by atoms with Gasteiger partial charge >= 0.3 is 5.97 Å². The number of hydrogen-bond acceptors (Lipinski definition) is 2. The van der Waals surface area contributed by atoms with Gasteiger partial charge in [0.15, 0.2) is 0 Å². The van der Waals surface area contributed by atoms with Crippen LogP contribution in [0.5, 0.6) is 0 Å². The second-order valence-electron chi connectivity index (χ2n) is 5.37. The summed E-state index contributed by atoms with van der Waals surface area (Å²) in [5.41, 5.74) is 2.98. The monoisotopic (exact) mass is 273 g/mol. The predicted octanol–water partition coefficient (Wildman–Crippen LogP) is 4.47. The SMILES string of the molecule is O=C(O)c1ccc(NCCCCCC2=CCCC2)cc1. The van der Waals surface area contributed by atoms with Gasteiger partial charge in [0, 0.05) is 12.2 Å². The maximum absolute atomic E-state index is 10.7. The summed E-state index contributed by atoms with van der Waals surface area (Å²) < 4.78 is 0. The van der Waals surface area contributed by atoms with Gasteiger partial charge in [-0.1, -0.05) is 18.1 Å². The average Bonchev–Trinajstić information content (AvgIpc) is 2.96. The first-order valence-corrected chi connectivity index (χ1v) is 7.51. The van der Waals surface area contributed by atoms with E-state index >= 15 is 0 Å². The number of unbranched alkanes of at least 4 members (excludes halogenated alkanes) is 2. The molecule has 0 heterocycles. The molecule has 2 rings (SSSR count). The summed E-state index contributed by atoms with van der Waals surface area (Å²) in [7, 11) is 0. The highest BCUT2D eigenvalue weighted by atomic mass is 16.4. The molecule has 0 amide bonds. The minimum absolute atomic E-state index is 0.334. The summed E-state index contributed by atoms with van der Waals surface area (Å²) in [4.78, 5) is 10.7. The molecule has 1 aliphatic rings. The van der Waals surface area contributed by atoms with E-state index in [9.17, 15) is 4.79 Å². The van der Waals surface area contributed by atoms with E-state index < -0.39 is 5.97 Å². The number of carbonyl (C=O) groups is 1. The smallest absolute Gasteiger partial charge is 0.335 e. The van der Waals surface area contributed by atoms with Crippen molar-refractivity contribution in [1.82, 2.24) is 0 Å². The van der Waals surface area contributed by atoms with Crippen molar-refractivity contribution in [1.29, 1.82) is 0 Å². The predicted molar refractivity (Wildman–Crippen MR) is 82.3 cm³/mol. The Bertz CT molecular complexity index is 462. The zero-order chi connectivity index (χ0) is 14.2. The van der Waals surface area contributed by atoms with Gasteiger partial charge in [0.25, 0.3) is 0 Å². The Hall–Kier alpha value is -1.77. The van der Waals surface area contributed by atoms with Gasteiger partial charge in [0.2, 0.25) is 0 Å². The molecule has 2 N–H and O–H groups in total. The molecule has 1 aliphatic carbocycles. The van der Waals surface area contributed by atoms with Gasteiger partial charge in [0.05, 0.1) is 5.56 Å². The molecule has 3 heteroatoms. The molecule has 3 nitrogen and oxygen atoms in total. The molecule has 0 aromatic heterocycles. The fourth-order valence-electron chi connectivity index (χ4n) is 2.58. The van der Waals surface area contributed by atoms with Crippen LogP contribution in [0.2, 0.25) is 0 Å². The lowest BCUT2D eigenvalue weighted by molar-refractivity contribution is 0.0697. The Morgan fingerprint density at radius 1 is 1.15 bits per heavy atom. The maximum Gasteiger partial charge on any atom is 0.335 e. The molecule has 1 aromatic rings. The number of anilines is 1. The van der Waals surface area contributed by atoms with E-state index in [1.807, 2.05) is 12.1 Å². The topological polar surface area (TPSA) is 49.3 Å². The minimum Gasteiger partial charge on any atom is -0.478 e. The van der Waals surface area contributed by atoms with Crippen LogP contribution >= 0.6 is 0 Å². The lowest BCUT2D eigenvalue weighted by atomic mass is 10.1. The van der Waals surface area contributed by atoms with Crippen LogP contribution in [0, 0.1) is 0 Å². The van der Waals surface area contributed by atoms with Crippen molar-refractivity contribution in [3.63, 3.8) is 0 Å². The summed E-state index contributed by atoms with van der Waals surface area (Å²) >= 11 is 0. The van der Waals surface area contributed by atoms with Crippen molar-refractivity contribution < 1.29 is 9.90 Å². The zero-order valence-corrected chi connectivity index (χ0v) is 11.9. The summed E-state index contributed by atoms with van der Waals surface area (Å²) in [5, 5.41) is 12.1. The quantitative estimate of drug-likeness (QED) is 0.543. The number of allylic oxidation sites excluding steroid dienone is 2. The standard InChI is InChI=1S/C17H23NO2/c19-17(20)15-9-11-16(12-10-15)18-13-5-1-2-6-14-7-3-4-8-14/h7,9-12,18H,1-6,8,13H2,(H,19,20). The van der Waals surface area contributed by atoms with Crippen molar-refractivity contribution in [3.05, 3.63) is 41.5 Å². The van der Waals surface area contributed by atoms with Gasteiger partial charge in [0.1, 0.15) is 0 Å². The summed E-state index contributed by atoms with van der Waals surface area (Å²) in [6.45, 7) is 0.950. The highest BCUT2D eigenvalue weighted by molar-refractivity contribution is 5.87. The molecule has 0 fully saturated rings. The highest BCUT2D eigenvalue weighted by Crippen LogP contribution is 2.22. The Morgan fingerprint density at radius 2 is 1.95 bits per heavy atom. The average molecular weight is 273 g/mol. The van der Waals surface area contributed by atoms with Crippen LogP contribution in [-0.4, -0.2) is 17.6 Å². The molecule has 0 atom stereocenters. The van der Waals surface area contributed by atoms with Crippen LogP contribution in [0.15, 0.2) is 35.9 Å². The second-order valence-corrected chi connectivity index (χ2v) is 5.37. The lowest BCUT2D eigenvalue weighted by Gasteiger charge is -2.07. The fourth-order valence-corrected chi connectivity index (χ4v) is 2.58. The molecule has 0 radical (unpaired) electrons. The summed E-state index contributed by atoms with van der Waals surface area (Å²) in [6.07, 6.45) is 11.3. The molecule has 20 heavy (non-hydrogen) atoms. The number of carboxylic acid groups (broad SMARTS) is 1. The molecule has 0 spiro atoms. The van der Waals surface area contributed by atoms with Crippen LogP contribution in [0.4, 0.5) is 5.69 Å². The maximum atomic E-state index is 10.7. The first kappa shape index (κ1) is 14.6.